The summed E-state index contributed by atoms with van der Waals surface area (Å²) >= 11 is 0.909. The number of rotatable bonds is 2. The minimum Gasteiger partial charge on any atom is -0.481 e. The highest BCUT2D eigenvalue weighted by atomic mass is 32.1. The number of carbonyl (C=O) groups is 2. The zero-order valence-corrected chi connectivity index (χ0v) is 13.4. The minimum atomic E-state index is -4.54. The second kappa shape index (κ2) is 5.73. The molecule has 3 heterocycles. The third kappa shape index (κ3) is 2.83. The van der Waals surface area contributed by atoms with E-state index in [-0.39, 0.29) is 17.3 Å². The van der Waals surface area contributed by atoms with E-state index in [9.17, 15) is 22.8 Å². The number of aliphatic carboxylic acids is 1. The fraction of sp³-hybridized carbons (Fsp3) is 0.400. The van der Waals surface area contributed by atoms with Crippen LogP contribution in [0.4, 0.5) is 13.2 Å². The topological polar surface area (TPSA) is 70.5 Å². The average molecular weight is 358 g/mol. The van der Waals surface area contributed by atoms with Gasteiger partial charge in [-0.2, -0.15) is 13.2 Å². The molecule has 9 heteroatoms. The van der Waals surface area contributed by atoms with Gasteiger partial charge >= 0.3 is 12.1 Å². The third-order valence-electron chi connectivity index (χ3n) is 4.11. The number of carbonyl (C=O) groups excluding carboxylic acids is 1. The van der Waals surface area contributed by atoms with Gasteiger partial charge in [-0.25, -0.2) is 4.98 Å². The predicted octanol–water partition coefficient (Wildman–Crippen LogP) is 3.17. The molecule has 1 amide bonds. The van der Waals surface area contributed by atoms with E-state index in [0.717, 1.165) is 17.4 Å². The van der Waals surface area contributed by atoms with Gasteiger partial charge in [0, 0.05) is 18.5 Å². The SMILES string of the molecule is Cc1c(C(=O)N2CC[C@H](C(=O)O)C2)sc2nc(C(F)(F)F)ccc12. The van der Waals surface area contributed by atoms with Crippen molar-refractivity contribution in [3.63, 3.8) is 0 Å². The number of likely N-dealkylation sites (tertiary alicyclic amines) is 1. The molecule has 1 atom stereocenters. The zero-order chi connectivity index (χ0) is 17.6. The molecular weight excluding hydrogens is 345 g/mol. The largest absolute Gasteiger partial charge is 0.481 e. The number of hydrogen-bond donors (Lipinski definition) is 1. The van der Waals surface area contributed by atoms with Gasteiger partial charge in [0.05, 0.1) is 10.8 Å². The molecule has 0 aromatic carbocycles. The Morgan fingerprint density at radius 3 is 2.67 bits per heavy atom. The first-order valence-corrected chi connectivity index (χ1v) is 7.99. The lowest BCUT2D eigenvalue weighted by Crippen LogP contribution is -2.29. The van der Waals surface area contributed by atoms with Gasteiger partial charge in [0.2, 0.25) is 0 Å². The van der Waals surface area contributed by atoms with E-state index in [1.165, 1.54) is 11.0 Å². The molecule has 5 nitrogen and oxygen atoms in total. The predicted molar refractivity (Wildman–Crippen MR) is 81.0 cm³/mol. The molecular formula is C15H13F3N2O3S. The number of amides is 1. The molecule has 0 aliphatic carbocycles. The van der Waals surface area contributed by atoms with Gasteiger partial charge in [-0.05, 0) is 31.0 Å². The second-order valence-corrected chi connectivity index (χ2v) is 6.68. The van der Waals surface area contributed by atoms with Gasteiger partial charge in [0.15, 0.2) is 0 Å². The maximum absolute atomic E-state index is 12.8. The lowest BCUT2D eigenvalue weighted by Gasteiger charge is -2.15. The molecule has 0 bridgehead atoms. The molecule has 0 saturated carbocycles. The zero-order valence-electron chi connectivity index (χ0n) is 12.6. The summed E-state index contributed by atoms with van der Waals surface area (Å²) in [7, 11) is 0. The maximum atomic E-state index is 12.8. The molecule has 2 aromatic rings. The van der Waals surface area contributed by atoms with Crippen molar-refractivity contribution in [2.45, 2.75) is 19.5 Å². The molecule has 2 aromatic heterocycles. The monoisotopic (exact) mass is 358 g/mol. The maximum Gasteiger partial charge on any atom is 0.433 e. The van der Waals surface area contributed by atoms with Crippen molar-refractivity contribution in [1.29, 1.82) is 0 Å². The van der Waals surface area contributed by atoms with Gasteiger partial charge in [0.1, 0.15) is 10.5 Å². The second-order valence-electron chi connectivity index (χ2n) is 5.68. The fourth-order valence-electron chi connectivity index (χ4n) is 2.75. The molecule has 1 N–H and O–H groups in total. The molecule has 0 unspecified atom stereocenters. The molecule has 1 fully saturated rings. The lowest BCUT2D eigenvalue weighted by atomic mass is 10.1. The van der Waals surface area contributed by atoms with Crippen LogP contribution in [0.25, 0.3) is 10.2 Å². The molecule has 24 heavy (non-hydrogen) atoms. The average Bonchev–Trinajstić information content (AvgIpc) is 3.11. The molecule has 0 spiro atoms. The lowest BCUT2D eigenvalue weighted by molar-refractivity contribution is -0.141. The van der Waals surface area contributed by atoms with E-state index in [1.54, 1.807) is 6.92 Å². The first-order valence-electron chi connectivity index (χ1n) is 7.18. The van der Waals surface area contributed by atoms with E-state index >= 15 is 0 Å². The van der Waals surface area contributed by atoms with E-state index < -0.39 is 23.8 Å². The van der Waals surface area contributed by atoms with Crippen LogP contribution >= 0.6 is 11.3 Å². The van der Waals surface area contributed by atoms with Crippen LogP contribution < -0.4 is 0 Å². The molecule has 1 aliphatic rings. The molecule has 1 saturated heterocycles. The number of carboxylic acid groups (broad SMARTS) is 1. The number of fused-ring (bicyclic) bond motifs is 1. The van der Waals surface area contributed by atoms with Crippen LogP contribution in [0.5, 0.6) is 0 Å². The van der Waals surface area contributed by atoms with E-state index in [1.807, 2.05) is 0 Å². The van der Waals surface area contributed by atoms with E-state index in [0.29, 0.717) is 28.8 Å². The number of hydrogen-bond acceptors (Lipinski definition) is 4. The Morgan fingerprint density at radius 2 is 2.08 bits per heavy atom. The van der Waals surface area contributed by atoms with Crippen molar-refractivity contribution < 1.29 is 27.9 Å². The Labute approximate surface area is 138 Å². The highest BCUT2D eigenvalue weighted by Crippen LogP contribution is 2.35. The first kappa shape index (κ1) is 16.7. The summed E-state index contributed by atoms with van der Waals surface area (Å²) in [6.07, 6.45) is -4.17. The highest BCUT2D eigenvalue weighted by Gasteiger charge is 2.35. The number of carboxylic acids is 1. The van der Waals surface area contributed by atoms with Crippen LogP contribution in [-0.2, 0) is 11.0 Å². The molecule has 3 rings (SSSR count). The van der Waals surface area contributed by atoms with Gasteiger partial charge in [-0.1, -0.05) is 0 Å². The third-order valence-corrected chi connectivity index (χ3v) is 5.30. The van der Waals surface area contributed by atoms with Crippen LogP contribution in [0.3, 0.4) is 0 Å². The summed E-state index contributed by atoms with van der Waals surface area (Å²) < 4.78 is 38.3. The van der Waals surface area contributed by atoms with E-state index in [2.05, 4.69) is 4.98 Å². The number of pyridine rings is 1. The van der Waals surface area contributed by atoms with Crippen LogP contribution in [0, 0.1) is 12.8 Å². The smallest absolute Gasteiger partial charge is 0.433 e. The van der Waals surface area contributed by atoms with Crippen molar-refractivity contribution in [3.05, 3.63) is 28.3 Å². The van der Waals surface area contributed by atoms with Crippen LogP contribution in [-0.4, -0.2) is 40.0 Å². The van der Waals surface area contributed by atoms with Crippen LogP contribution in [0.2, 0.25) is 0 Å². The Morgan fingerprint density at radius 1 is 1.38 bits per heavy atom. The van der Waals surface area contributed by atoms with Crippen molar-refractivity contribution in [3.8, 4) is 0 Å². The number of thiophene rings is 1. The summed E-state index contributed by atoms with van der Waals surface area (Å²) in [5, 5.41) is 9.51. The van der Waals surface area contributed by atoms with Gasteiger partial charge in [0.25, 0.3) is 5.91 Å². The molecule has 0 radical (unpaired) electrons. The van der Waals surface area contributed by atoms with Crippen molar-refractivity contribution in [2.24, 2.45) is 5.92 Å². The Kier molecular flexibility index (Phi) is 3.98. The quantitative estimate of drug-likeness (QED) is 0.895. The summed E-state index contributed by atoms with van der Waals surface area (Å²) in [4.78, 5) is 29.1. The molecule has 128 valence electrons. The van der Waals surface area contributed by atoms with Gasteiger partial charge in [-0.15, -0.1) is 11.3 Å². The molecule has 1 aliphatic heterocycles. The Bertz CT molecular complexity index is 831. The van der Waals surface area contributed by atoms with Crippen molar-refractivity contribution in [1.82, 2.24) is 9.88 Å². The van der Waals surface area contributed by atoms with Crippen LogP contribution in [0.1, 0.15) is 27.3 Å². The number of nitrogens with zero attached hydrogens (tertiary/aromatic N) is 2. The van der Waals surface area contributed by atoms with Crippen LogP contribution in [0.15, 0.2) is 12.1 Å². The highest BCUT2D eigenvalue weighted by molar-refractivity contribution is 7.20. The summed E-state index contributed by atoms with van der Waals surface area (Å²) in [5.41, 5.74) is -0.428. The van der Waals surface area contributed by atoms with Gasteiger partial charge in [-0.3, -0.25) is 9.59 Å². The summed E-state index contributed by atoms with van der Waals surface area (Å²) in [5.74, 6) is -1.90. The Balaban J connectivity index is 1.94. The fourth-order valence-corrected chi connectivity index (χ4v) is 3.90. The van der Waals surface area contributed by atoms with Crippen molar-refractivity contribution >= 4 is 33.4 Å². The number of aromatic nitrogens is 1. The normalized spacial score (nSPS) is 18.3. The summed E-state index contributed by atoms with van der Waals surface area (Å²) in [6, 6.07) is 2.21. The number of alkyl halides is 3. The number of aryl methyl sites for hydroxylation is 1. The van der Waals surface area contributed by atoms with Crippen molar-refractivity contribution in [2.75, 3.05) is 13.1 Å². The Hall–Kier alpha value is -2.16. The first-order chi connectivity index (χ1) is 11.2. The minimum absolute atomic E-state index is 0.114. The standard InChI is InChI=1S/C15H13F3N2O3S/c1-7-9-2-3-10(15(16,17)18)19-12(9)24-11(7)13(21)20-5-4-8(6-20)14(22)23/h2-3,8H,4-6H2,1H3,(H,22,23)/t8-/m0/s1. The summed E-state index contributed by atoms with van der Waals surface area (Å²) in [6.45, 7) is 2.10. The van der Waals surface area contributed by atoms with Gasteiger partial charge < -0.3 is 10.0 Å². The number of halogens is 3. The van der Waals surface area contributed by atoms with E-state index in [4.69, 9.17) is 5.11 Å².